The summed E-state index contributed by atoms with van der Waals surface area (Å²) in [4.78, 5) is 25.3. The zero-order valence-electron chi connectivity index (χ0n) is 15.7. The smallest absolute Gasteiger partial charge is 0.330 e. The van der Waals surface area contributed by atoms with Gasteiger partial charge in [-0.2, -0.15) is 4.80 Å². The molecule has 0 amide bonds. The predicted molar refractivity (Wildman–Crippen MR) is 103 cm³/mol. The number of hydrogen-bond acceptors (Lipinski definition) is 8. The number of carbonyl (C=O) groups excluding carboxylic acids is 2. The average Bonchev–Trinajstić information content (AvgIpc) is 3.20. The molecule has 150 valence electrons. The number of methoxy groups -OCH3 is 2. The van der Waals surface area contributed by atoms with Crippen LogP contribution in [0.2, 0.25) is 5.02 Å². The fourth-order valence-corrected chi connectivity index (χ4v) is 2.55. The Morgan fingerprint density at radius 2 is 1.76 bits per heavy atom. The lowest BCUT2D eigenvalue weighted by Gasteiger charge is -2.09. The van der Waals surface area contributed by atoms with Crippen molar-refractivity contribution in [2.45, 2.75) is 6.54 Å². The van der Waals surface area contributed by atoms with Crippen molar-refractivity contribution in [3.05, 3.63) is 53.1 Å². The predicted octanol–water partition coefficient (Wildman–Crippen LogP) is 2.44. The highest BCUT2D eigenvalue weighted by molar-refractivity contribution is 6.30. The number of ether oxygens (including phenoxy) is 3. The Balaban J connectivity index is 1.56. The molecule has 0 saturated heterocycles. The van der Waals surface area contributed by atoms with E-state index in [2.05, 4.69) is 15.4 Å². The van der Waals surface area contributed by atoms with Gasteiger partial charge in [0.2, 0.25) is 5.82 Å². The van der Waals surface area contributed by atoms with Crippen LogP contribution in [0.25, 0.3) is 11.4 Å². The van der Waals surface area contributed by atoms with E-state index in [-0.39, 0.29) is 12.3 Å². The van der Waals surface area contributed by atoms with Gasteiger partial charge < -0.3 is 14.2 Å². The number of Topliss-reactive ketones (excluding diaryl/α,β-unsaturated/α-hetero) is 1. The molecule has 0 radical (unpaired) electrons. The summed E-state index contributed by atoms with van der Waals surface area (Å²) in [6, 6.07) is 11.6. The third-order valence-electron chi connectivity index (χ3n) is 3.90. The number of esters is 1. The van der Waals surface area contributed by atoms with Crippen LogP contribution in [-0.2, 0) is 16.1 Å². The summed E-state index contributed by atoms with van der Waals surface area (Å²) in [6.45, 7) is -0.702. The zero-order valence-corrected chi connectivity index (χ0v) is 16.4. The van der Waals surface area contributed by atoms with Gasteiger partial charge >= 0.3 is 5.97 Å². The number of aromatic nitrogens is 4. The van der Waals surface area contributed by atoms with Gasteiger partial charge in [0.05, 0.1) is 14.2 Å². The summed E-state index contributed by atoms with van der Waals surface area (Å²) in [5, 5.41) is 12.4. The van der Waals surface area contributed by atoms with Gasteiger partial charge in [0, 0.05) is 16.1 Å². The summed E-state index contributed by atoms with van der Waals surface area (Å²) in [5.41, 5.74) is 1.04. The van der Waals surface area contributed by atoms with E-state index in [9.17, 15) is 9.59 Å². The van der Waals surface area contributed by atoms with E-state index in [4.69, 9.17) is 25.8 Å². The first-order chi connectivity index (χ1) is 14.0. The first-order valence-corrected chi connectivity index (χ1v) is 8.82. The van der Waals surface area contributed by atoms with E-state index in [0.717, 1.165) is 4.80 Å². The van der Waals surface area contributed by atoms with Crippen LogP contribution in [0.1, 0.15) is 10.4 Å². The van der Waals surface area contributed by atoms with Gasteiger partial charge in [0.15, 0.2) is 30.4 Å². The fraction of sp³-hybridized carbons (Fsp3) is 0.211. The third-order valence-corrected chi connectivity index (χ3v) is 4.15. The number of hydrogen-bond donors (Lipinski definition) is 0. The van der Waals surface area contributed by atoms with Crippen molar-refractivity contribution in [2.75, 3.05) is 20.8 Å². The van der Waals surface area contributed by atoms with Crippen LogP contribution in [0, 0.1) is 0 Å². The molecule has 0 atom stereocenters. The second kappa shape index (κ2) is 9.16. The van der Waals surface area contributed by atoms with E-state index >= 15 is 0 Å². The number of halogens is 1. The lowest BCUT2D eigenvalue weighted by atomic mass is 10.1. The number of carbonyl (C=O) groups is 2. The average molecular weight is 417 g/mol. The highest BCUT2D eigenvalue weighted by Crippen LogP contribution is 2.27. The molecule has 0 unspecified atom stereocenters. The molecule has 9 nitrogen and oxygen atoms in total. The molecule has 1 heterocycles. The van der Waals surface area contributed by atoms with Crippen molar-refractivity contribution < 1.29 is 23.8 Å². The maximum Gasteiger partial charge on any atom is 0.330 e. The Morgan fingerprint density at radius 3 is 2.45 bits per heavy atom. The van der Waals surface area contributed by atoms with Gasteiger partial charge in [-0.25, -0.2) is 4.79 Å². The van der Waals surface area contributed by atoms with Gasteiger partial charge in [-0.15, -0.1) is 10.2 Å². The standard InChI is InChI=1S/C19H17ClN4O5/c1-27-16-8-5-13(9-17(16)28-2)15(25)11-29-18(26)10-24-22-19(21-23-24)12-3-6-14(20)7-4-12/h3-9H,10-11H2,1-2H3. The minimum Gasteiger partial charge on any atom is -0.493 e. The van der Waals surface area contributed by atoms with Gasteiger partial charge in [-0.1, -0.05) is 11.6 Å². The molecule has 2 aromatic carbocycles. The molecule has 0 aliphatic heterocycles. The summed E-state index contributed by atoms with van der Waals surface area (Å²) < 4.78 is 15.3. The molecule has 0 aliphatic rings. The normalized spacial score (nSPS) is 10.4. The summed E-state index contributed by atoms with van der Waals surface area (Å²) in [6.07, 6.45) is 0. The van der Waals surface area contributed by atoms with Crippen LogP contribution >= 0.6 is 11.6 Å². The topological polar surface area (TPSA) is 105 Å². The van der Waals surface area contributed by atoms with E-state index < -0.39 is 12.6 Å². The molecule has 0 bridgehead atoms. The lowest BCUT2D eigenvalue weighted by molar-refractivity contribution is -0.143. The molecule has 0 aliphatic carbocycles. The quantitative estimate of drug-likeness (QED) is 0.407. The molecule has 0 saturated carbocycles. The largest absolute Gasteiger partial charge is 0.493 e. The Hall–Kier alpha value is -3.46. The zero-order chi connectivity index (χ0) is 20.8. The van der Waals surface area contributed by atoms with Crippen molar-refractivity contribution in [1.29, 1.82) is 0 Å². The van der Waals surface area contributed by atoms with Crippen molar-refractivity contribution in [1.82, 2.24) is 20.2 Å². The number of rotatable bonds is 8. The SMILES string of the molecule is COc1ccc(C(=O)COC(=O)Cn2nnc(-c3ccc(Cl)cc3)n2)cc1OC. The minimum atomic E-state index is -0.668. The Bertz CT molecular complexity index is 1020. The number of benzene rings is 2. The lowest BCUT2D eigenvalue weighted by Crippen LogP contribution is -2.20. The fourth-order valence-electron chi connectivity index (χ4n) is 2.42. The molecular weight excluding hydrogens is 400 g/mol. The first-order valence-electron chi connectivity index (χ1n) is 8.44. The molecular formula is C19H17ClN4O5. The summed E-state index contributed by atoms with van der Waals surface area (Å²) >= 11 is 5.85. The van der Waals surface area contributed by atoms with Crippen LogP contribution in [0.4, 0.5) is 0 Å². The second-order valence-electron chi connectivity index (χ2n) is 5.80. The maximum atomic E-state index is 12.3. The molecule has 0 spiro atoms. The molecule has 0 N–H and O–H groups in total. The van der Waals surface area contributed by atoms with Crippen LogP contribution in [0.5, 0.6) is 11.5 Å². The Kier molecular flexibility index (Phi) is 6.40. The van der Waals surface area contributed by atoms with Gasteiger partial charge in [0.1, 0.15) is 0 Å². The molecule has 1 aromatic heterocycles. The number of nitrogens with zero attached hydrogens (tertiary/aromatic N) is 4. The third kappa shape index (κ3) is 5.08. The number of ketones is 1. The molecule has 3 rings (SSSR count). The van der Waals surface area contributed by atoms with Crippen LogP contribution < -0.4 is 9.47 Å². The van der Waals surface area contributed by atoms with Crippen molar-refractivity contribution >= 4 is 23.4 Å². The highest BCUT2D eigenvalue weighted by Gasteiger charge is 2.15. The van der Waals surface area contributed by atoms with Crippen LogP contribution in [0.15, 0.2) is 42.5 Å². The first kappa shape index (κ1) is 20.3. The Labute approximate surface area is 171 Å². The van der Waals surface area contributed by atoms with Gasteiger partial charge in [-0.3, -0.25) is 4.79 Å². The van der Waals surface area contributed by atoms with E-state index in [1.54, 1.807) is 36.4 Å². The van der Waals surface area contributed by atoms with Gasteiger partial charge in [-0.05, 0) is 47.7 Å². The molecule has 0 fully saturated rings. The van der Waals surface area contributed by atoms with E-state index in [1.807, 2.05) is 0 Å². The number of tetrazole rings is 1. The van der Waals surface area contributed by atoms with Gasteiger partial charge in [0.25, 0.3) is 0 Å². The van der Waals surface area contributed by atoms with Crippen molar-refractivity contribution in [3.8, 4) is 22.9 Å². The molecule has 3 aromatic rings. The summed E-state index contributed by atoms with van der Waals surface area (Å²) in [7, 11) is 2.97. The minimum absolute atomic E-state index is 0.278. The highest BCUT2D eigenvalue weighted by atomic mass is 35.5. The molecule has 29 heavy (non-hydrogen) atoms. The van der Waals surface area contributed by atoms with Crippen molar-refractivity contribution in [3.63, 3.8) is 0 Å². The molecule has 10 heteroatoms. The van der Waals surface area contributed by atoms with E-state index in [1.165, 1.54) is 20.3 Å². The van der Waals surface area contributed by atoms with Crippen molar-refractivity contribution in [2.24, 2.45) is 0 Å². The monoisotopic (exact) mass is 416 g/mol. The summed E-state index contributed by atoms with van der Waals surface area (Å²) in [5.74, 6) is 0.198. The van der Waals surface area contributed by atoms with Crippen LogP contribution in [0.3, 0.4) is 0 Å². The maximum absolute atomic E-state index is 12.3. The van der Waals surface area contributed by atoms with Crippen LogP contribution in [-0.4, -0.2) is 52.8 Å². The second-order valence-corrected chi connectivity index (χ2v) is 6.24. The van der Waals surface area contributed by atoms with E-state index in [0.29, 0.717) is 33.5 Å². The Morgan fingerprint density at radius 1 is 1.03 bits per heavy atom.